The monoisotopic (exact) mass is 331 g/mol. The third kappa shape index (κ3) is 3.96. The van der Waals surface area contributed by atoms with Crippen LogP contribution in [0.1, 0.15) is 44.1 Å². The van der Waals surface area contributed by atoms with Gasteiger partial charge in [0.2, 0.25) is 5.91 Å². The van der Waals surface area contributed by atoms with Crippen molar-refractivity contribution in [2.75, 3.05) is 6.54 Å². The highest BCUT2D eigenvalue weighted by Crippen LogP contribution is 2.40. The number of hydrogen-bond donors (Lipinski definition) is 1. The molecule has 1 heterocycles. The molecule has 1 aliphatic rings. The second-order valence-electron chi connectivity index (χ2n) is 6.45. The molecular weight excluding hydrogens is 309 g/mol. The summed E-state index contributed by atoms with van der Waals surface area (Å²) in [6.07, 6.45) is 6.86. The van der Waals surface area contributed by atoms with Crippen molar-refractivity contribution in [3.8, 4) is 0 Å². The third-order valence-electron chi connectivity index (χ3n) is 4.80. The Morgan fingerprint density at radius 2 is 2.17 bits per heavy atom. The number of aryl methyl sites for hydroxylation is 1. The van der Waals surface area contributed by atoms with Gasteiger partial charge in [0.15, 0.2) is 0 Å². The van der Waals surface area contributed by atoms with Gasteiger partial charge in [-0.3, -0.25) is 4.79 Å². The average Bonchev–Trinajstić information content (AvgIpc) is 3.25. The normalized spacial score (nSPS) is 16.2. The largest absolute Gasteiger partial charge is 0.355 e. The Kier molecular flexibility index (Phi) is 5.17. The Bertz CT molecular complexity index is 667. The fraction of sp³-hybridized carbons (Fsp3) is 0.529. The van der Waals surface area contributed by atoms with Crippen molar-refractivity contribution in [2.24, 2.45) is 0 Å². The molecule has 6 nitrogen and oxygen atoms in total. The first kappa shape index (κ1) is 16.5. The second kappa shape index (κ2) is 7.51. The van der Waals surface area contributed by atoms with E-state index in [4.69, 9.17) is 0 Å². The summed E-state index contributed by atoms with van der Waals surface area (Å²) >= 11 is 0. The van der Waals surface area contributed by atoms with Gasteiger partial charge in [-0.15, -0.1) is 5.10 Å². The van der Waals surface area contributed by atoms with Gasteiger partial charge in [-0.05, 0) is 47.4 Å². The Morgan fingerprint density at radius 3 is 2.88 bits per heavy atom. The van der Waals surface area contributed by atoms with Crippen LogP contribution in [-0.2, 0) is 16.8 Å². The lowest BCUT2D eigenvalue weighted by Gasteiger charge is -2.30. The van der Waals surface area contributed by atoms with Gasteiger partial charge in [0.05, 0.1) is 0 Å². The van der Waals surface area contributed by atoms with E-state index < -0.39 is 0 Å². The van der Waals surface area contributed by atoms with Crippen LogP contribution >= 0.6 is 0 Å². The van der Waals surface area contributed by atoms with Gasteiger partial charge in [0, 0.05) is 24.9 Å². The Morgan fingerprint density at radius 1 is 1.33 bits per heavy atom. The highest BCUT2D eigenvalue weighted by molar-refractivity contribution is 5.76. The van der Waals surface area contributed by atoms with Gasteiger partial charge in [-0.1, -0.05) is 25.0 Å². The van der Waals surface area contributed by atoms with E-state index in [2.05, 4.69) is 20.8 Å². The average molecular weight is 331 g/mol. The van der Waals surface area contributed by atoms with Crippen LogP contribution in [0.4, 0.5) is 4.39 Å². The van der Waals surface area contributed by atoms with E-state index in [1.165, 1.54) is 12.4 Å². The summed E-state index contributed by atoms with van der Waals surface area (Å²) in [7, 11) is 0. The molecule has 1 aliphatic carbocycles. The number of nitrogens with one attached hydrogen (secondary N) is 1. The van der Waals surface area contributed by atoms with Crippen molar-refractivity contribution in [3.63, 3.8) is 0 Å². The fourth-order valence-electron chi connectivity index (χ4n) is 3.48. The maximum Gasteiger partial charge on any atom is 0.220 e. The highest BCUT2D eigenvalue weighted by atomic mass is 19.1. The maximum atomic E-state index is 13.6. The molecule has 1 fully saturated rings. The minimum atomic E-state index is -0.216. The quantitative estimate of drug-likeness (QED) is 0.844. The van der Waals surface area contributed by atoms with Crippen LogP contribution in [0.25, 0.3) is 0 Å². The molecule has 0 radical (unpaired) electrons. The number of benzene rings is 1. The number of aromatic nitrogens is 4. The van der Waals surface area contributed by atoms with Crippen molar-refractivity contribution < 1.29 is 9.18 Å². The molecule has 128 valence electrons. The summed E-state index contributed by atoms with van der Waals surface area (Å²) in [5, 5.41) is 13.9. The summed E-state index contributed by atoms with van der Waals surface area (Å²) < 4.78 is 15.2. The van der Waals surface area contributed by atoms with E-state index in [9.17, 15) is 9.18 Å². The number of carbonyl (C=O) groups excluding carboxylic acids is 1. The molecule has 0 unspecified atom stereocenters. The summed E-state index contributed by atoms with van der Waals surface area (Å²) in [6.45, 7) is 1.19. The molecule has 1 saturated carbocycles. The van der Waals surface area contributed by atoms with E-state index in [1.54, 1.807) is 16.8 Å². The van der Waals surface area contributed by atoms with Gasteiger partial charge < -0.3 is 5.32 Å². The van der Waals surface area contributed by atoms with Gasteiger partial charge >= 0.3 is 0 Å². The Hall–Kier alpha value is -2.31. The van der Waals surface area contributed by atoms with Crippen LogP contribution in [0.5, 0.6) is 0 Å². The molecule has 0 aliphatic heterocycles. The number of hydrogen-bond acceptors (Lipinski definition) is 4. The summed E-state index contributed by atoms with van der Waals surface area (Å²) in [4.78, 5) is 12.1. The predicted molar refractivity (Wildman–Crippen MR) is 86.6 cm³/mol. The van der Waals surface area contributed by atoms with Crippen molar-refractivity contribution in [1.82, 2.24) is 25.5 Å². The number of carbonyl (C=O) groups is 1. The standard InChI is InChI=1S/C17H22FN5O/c18-15-6-3-5-14(11-15)17(8-1-2-9-17)12-19-16(24)7-4-10-23-13-20-21-22-23/h3,5-6,11,13H,1-2,4,7-10,12H2,(H,19,24). The molecule has 1 amide bonds. The van der Waals surface area contributed by atoms with Crippen LogP contribution in [-0.4, -0.2) is 32.7 Å². The van der Waals surface area contributed by atoms with Gasteiger partial charge in [0.25, 0.3) is 0 Å². The fourth-order valence-corrected chi connectivity index (χ4v) is 3.48. The zero-order chi connectivity index (χ0) is 16.8. The first-order valence-corrected chi connectivity index (χ1v) is 8.41. The van der Waals surface area contributed by atoms with Crippen LogP contribution < -0.4 is 5.32 Å². The molecule has 0 bridgehead atoms. The second-order valence-corrected chi connectivity index (χ2v) is 6.45. The smallest absolute Gasteiger partial charge is 0.220 e. The topological polar surface area (TPSA) is 72.7 Å². The van der Waals surface area contributed by atoms with Crippen LogP contribution in [0.2, 0.25) is 0 Å². The number of amides is 1. The molecule has 1 aromatic heterocycles. The number of rotatable bonds is 7. The SMILES string of the molecule is O=C(CCCn1cnnn1)NCC1(c2cccc(F)c2)CCCC1. The Labute approximate surface area is 140 Å². The highest BCUT2D eigenvalue weighted by Gasteiger charge is 2.36. The van der Waals surface area contributed by atoms with E-state index in [1.807, 2.05) is 6.07 Å². The molecule has 0 atom stereocenters. The van der Waals surface area contributed by atoms with Gasteiger partial charge in [0.1, 0.15) is 12.1 Å². The molecule has 7 heteroatoms. The lowest BCUT2D eigenvalue weighted by atomic mass is 9.78. The minimum Gasteiger partial charge on any atom is -0.355 e. The first-order chi connectivity index (χ1) is 11.7. The lowest BCUT2D eigenvalue weighted by molar-refractivity contribution is -0.121. The predicted octanol–water partition coefficient (Wildman–Crippen LogP) is 2.22. The molecule has 1 N–H and O–H groups in total. The van der Waals surface area contributed by atoms with Gasteiger partial charge in [-0.2, -0.15) is 0 Å². The molecule has 2 aromatic rings. The minimum absolute atomic E-state index is 0.0192. The third-order valence-corrected chi connectivity index (χ3v) is 4.80. The van der Waals surface area contributed by atoms with Crippen LogP contribution in [0.15, 0.2) is 30.6 Å². The van der Waals surface area contributed by atoms with Crippen LogP contribution in [0, 0.1) is 5.82 Å². The van der Waals surface area contributed by atoms with E-state index in [0.717, 1.165) is 31.2 Å². The lowest BCUT2D eigenvalue weighted by Crippen LogP contribution is -2.39. The summed E-state index contributed by atoms with van der Waals surface area (Å²) in [6, 6.07) is 6.79. The van der Waals surface area contributed by atoms with Crippen molar-refractivity contribution in [3.05, 3.63) is 42.0 Å². The van der Waals surface area contributed by atoms with E-state index in [0.29, 0.717) is 25.9 Å². The van der Waals surface area contributed by atoms with Crippen molar-refractivity contribution >= 4 is 5.91 Å². The molecule has 1 aromatic carbocycles. The number of halogens is 1. The summed E-state index contributed by atoms with van der Waals surface area (Å²) in [5.74, 6) is -0.197. The van der Waals surface area contributed by atoms with E-state index in [-0.39, 0.29) is 17.1 Å². The molecule has 24 heavy (non-hydrogen) atoms. The zero-order valence-electron chi connectivity index (χ0n) is 13.6. The molecule has 0 saturated heterocycles. The summed E-state index contributed by atoms with van der Waals surface area (Å²) in [5.41, 5.74) is 0.863. The molecular formula is C17H22FN5O. The van der Waals surface area contributed by atoms with Crippen LogP contribution in [0.3, 0.4) is 0 Å². The van der Waals surface area contributed by atoms with Gasteiger partial charge in [-0.25, -0.2) is 9.07 Å². The number of nitrogens with zero attached hydrogens (tertiary/aromatic N) is 4. The van der Waals surface area contributed by atoms with E-state index >= 15 is 0 Å². The molecule has 0 spiro atoms. The molecule has 3 rings (SSSR count). The Balaban J connectivity index is 1.53. The zero-order valence-corrected chi connectivity index (χ0v) is 13.6. The first-order valence-electron chi connectivity index (χ1n) is 8.41. The number of tetrazole rings is 1. The van der Waals surface area contributed by atoms with Crippen molar-refractivity contribution in [2.45, 2.75) is 50.5 Å². The maximum absolute atomic E-state index is 13.6. The van der Waals surface area contributed by atoms with Crippen molar-refractivity contribution in [1.29, 1.82) is 0 Å².